The number of benzene rings is 2. The monoisotopic (exact) mass is 483 g/mol. The highest BCUT2D eigenvalue weighted by molar-refractivity contribution is 5.96. The van der Waals surface area contributed by atoms with E-state index in [4.69, 9.17) is 9.84 Å². The van der Waals surface area contributed by atoms with Gasteiger partial charge in [-0.3, -0.25) is 14.5 Å². The SMILES string of the molecule is CN(CCO)C(=O)COc1cccc2ncnc(Nc3ccc4c(cnn4Cc4ccccn4)c3)c12. The van der Waals surface area contributed by atoms with Gasteiger partial charge in [-0.25, -0.2) is 9.97 Å². The summed E-state index contributed by atoms with van der Waals surface area (Å²) >= 11 is 0. The maximum absolute atomic E-state index is 12.3. The number of likely N-dealkylation sites (N-methyl/N-ethyl adjacent to an activating group) is 1. The van der Waals surface area contributed by atoms with Crippen LogP contribution in [0, 0.1) is 0 Å². The summed E-state index contributed by atoms with van der Waals surface area (Å²) in [4.78, 5) is 26.9. The van der Waals surface area contributed by atoms with Gasteiger partial charge in [-0.15, -0.1) is 0 Å². The van der Waals surface area contributed by atoms with Crippen LogP contribution in [0.15, 0.2) is 73.3 Å². The predicted octanol–water partition coefficient (Wildman–Crippen LogP) is 3.00. The number of nitrogens with one attached hydrogen (secondary N) is 1. The Morgan fingerprint density at radius 1 is 1.11 bits per heavy atom. The van der Waals surface area contributed by atoms with Crippen molar-refractivity contribution in [2.75, 3.05) is 32.1 Å². The lowest BCUT2D eigenvalue weighted by atomic mass is 10.2. The molecule has 10 heteroatoms. The van der Waals surface area contributed by atoms with E-state index in [1.54, 1.807) is 19.3 Å². The Bertz CT molecular complexity index is 1500. The molecule has 2 aromatic carbocycles. The summed E-state index contributed by atoms with van der Waals surface area (Å²) in [5.74, 6) is 0.818. The smallest absolute Gasteiger partial charge is 0.260 e. The zero-order chi connectivity index (χ0) is 24.9. The fourth-order valence-electron chi connectivity index (χ4n) is 3.89. The minimum Gasteiger partial charge on any atom is -0.483 e. The van der Waals surface area contributed by atoms with Gasteiger partial charge in [0.2, 0.25) is 0 Å². The van der Waals surface area contributed by atoms with Crippen LogP contribution in [0.2, 0.25) is 0 Å². The quantitative estimate of drug-likeness (QED) is 0.329. The molecule has 2 N–H and O–H groups in total. The number of amides is 1. The Kier molecular flexibility index (Phi) is 6.67. The third-order valence-corrected chi connectivity index (χ3v) is 5.78. The summed E-state index contributed by atoms with van der Waals surface area (Å²) < 4.78 is 7.76. The fraction of sp³-hybridized carbons (Fsp3) is 0.192. The highest BCUT2D eigenvalue weighted by Gasteiger charge is 2.14. The number of hydrogen-bond donors (Lipinski definition) is 2. The number of hydrogen-bond acceptors (Lipinski definition) is 8. The molecule has 0 radical (unpaired) electrons. The van der Waals surface area contributed by atoms with Crippen molar-refractivity contribution in [3.63, 3.8) is 0 Å². The molecule has 0 spiro atoms. The molecule has 0 unspecified atom stereocenters. The van der Waals surface area contributed by atoms with E-state index < -0.39 is 0 Å². The van der Waals surface area contributed by atoms with Crippen molar-refractivity contribution < 1.29 is 14.6 Å². The van der Waals surface area contributed by atoms with Gasteiger partial charge in [-0.1, -0.05) is 12.1 Å². The minimum atomic E-state index is -0.236. The fourth-order valence-corrected chi connectivity index (χ4v) is 3.89. The number of carbonyl (C=O) groups excluding carboxylic acids is 1. The van der Waals surface area contributed by atoms with Crippen molar-refractivity contribution in [2.45, 2.75) is 6.54 Å². The number of aliphatic hydroxyl groups excluding tert-OH is 1. The standard InChI is InChI=1S/C26H25N7O3/c1-32(11-12-34)24(35)16-36-23-7-4-6-21-25(23)26(29-17-28-21)31-19-8-9-22-18(13-19)14-30-33(22)15-20-5-2-3-10-27-20/h2-10,13-14,17,34H,11-12,15-16H2,1H3,(H,28,29,31). The number of rotatable bonds is 9. The van der Waals surface area contributed by atoms with E-state index in [-0.39, 0.29) is 25.7 Å². The van der Waals surface area contributed by atoms with E-state index in [9.17, 15) is 4.79 Å². The van der Waals surface area contributed by atoms with Crippen molar-refractivity contribution in [2.24, 2.45) is 0 Å². The van der Waals surface area contributed by atoms with Crippen molar-refractivity contribution in [3.05, 3.63) is 79.0 Å². The normalized spacial score (nSPS) is 11.1. The second-order valence-corrected chi connectivity index (χ2v) is 8.22. The zero-order valence-corrected chi connectivity index (χ0v) is 19.7. The van der Waals surface area contributed by atoms with Crippen LogP contribution in [0.4, 0.5) is 11.5 Å². The summed E-state index contributed by atoms with van der Waals surface area (Å²) in [6.07, 6.45) is 5.08. The van der Waals surface area contributed by atoms with Gasteiger partial charge in [-0.2, -0.15) is 5.10 Å². The number of aliphatic hydroxyl groups is 1. The Labute approximate surface area is 207 Å². The molecule has 5 aromatic rings. The van der Waals surface area contributed by atoms with Crippen LogP contribution in [-0.2, 0) is 11.3 Å². The number of fused-ring (bicyclic) bond motifs is 2. The minimum absolute atomic E-state index is 0.106. The number of anilines is 2. The molecule has 36 heavy (non-hydrogen) atoms. The second kappa shape index (κ2) is 10.4. The third kappa shape index (κ3) is 4.93. The number of pyridine rings is 1. The molecule has 3 aromatic heterocycles. The average Bonchev–Trinajstić information content (AvgIpc) is 3.29. The summed E-state index contributed by atoms with van der Waals surface area (Å²) in [6, 6.07) is 17.3. The highest BCUT2D eigenvalue weighted by Crippen LogP contribution is 2.32. The maximum Gasteiger partial charge on any atom is 0.260 e. The Morgan fingerprint density at radius 2 is 2.03 bits per heavy atom. The van der Waals surface area contributed by atoms with Gasteiger partial charge in [0.1, 0.15) is 17.9 Å². The molecule has 0 aliphatic rings. The topological polar surface area (TPSA) is 118 Å². The zero-order valence-electron chi connectivity index (χ0n) is 19.7. The van der Waals surface area contributed by atoms with Crippen molar-refractivity contribution in [1.29, 1.82) is 0 Å². The molecule has 5 rings (SSSR count). The van der Waals surface area contributed by atoms with Gasteiger partial charge in [0.15, 0.2) is 6.61 Å². The summed E-state index contributed by atoms with van der Waals surface area (Å²) in [5, 5.41) is 18.6. The van der Waals surface area contributed by atoms with E-state index in [1.807, 2.05) is 59.4 Å². The highest BCUT2D eigenvalue weighted by atomic mass is 16.5. The average molecular weight is 484 g/mol. The number of nitrogens with zero attached hydrogens (tertiary/aromatic N) is 6. The largest absolute Gasteiger partial charge is 0.483 e. The second-order valence-electron chi connectivity index (χ2n) is 8.22. The van der Waals surface area contributed by atoms with E-state index in [2.05, 4.69) is 25.4 Å². The Hall–Kier alpha value is -4.57. The summed E-state index contributed by atoms with van der Waals surface area (Å²) in [7, 11) is 1.62. The molecule has 0 aliphatic carbocycles. The molecular weight excluding hydrogens is 458 g/mol. The van der Waals surface area contributed by atoms with Crippen LogP contribution in [0.1, 0.15) is 5.69 Å². The van der Waals surface area contributed by atoms with E-state index in [0.717, 1.165) is 22.3 Å². The lowest BCUT2D eigenvalue weighted by molar-refractivity contribution is -0.132. The van der Waals surface area contributed by atoms with Crippen LogP contribution in [0.25, 0.3) is 21.8 Å². The van der Waals surface area contributed by atoms with Gasteiger partial charge in [0.05, 0.1) is 41.5 Å². The Balaban J connectivity index is 1.40. The third-order valence-electron chi connectivity index (χ3n) is 5.78. The van der Waals surface area contributed by atoms with Gasteiger partial charge in [0, 0.05) is 30.9 Å². The van der Waals surface area contributed by atoms with Gasteiger partial charge in [0.25, 0.3) is 5.91 Å². The molecule has 3 heterocycles. The van der Waals surface area contributed by atoms with E-state index in [1.165, 1.54) is 11.2 Å². The van der Waals surface area contributed by atoms with Gasteiger partial charge >= 0.3 is 0 Å². The molecular formula is C26H25N7O3. The number of ether oxygens (including phenoxy) is 1. The molecule has 0 aliphatic heterocycles. The molecule has 0 saturated carbocycles. The first-order chi connectivity index (χ1) is 17.6. The van der Waals surface area contributed by atoms with E-state index >= 15 is 0 Å². The van der Waals surface area contributed by atoms with Crippen molar-refractivity contribution in [3.8, 4) is 5.75 Å². The van der Waals surface area contributed by atoms with Crippen LogP contribution < -0.4 is 10.1 Å². The molecule has 182 valence electrons. The summed E-state index contributed by atoms with van der Waals surface area (Å²) in [5.41, 5.74) is 3.44. The lowest BCUT2D eigenvalue weighted by Crippen LogP contribution is -2.33. The molecule has 10 nitrogen and oxygen atoms in total. The van der Waals surface area contributed by atoms with Crippen LogP contribution >= 0.6 is 0 Å². The maximum atomic E-state index is 12.3. The number of carbonyl (C=O) groups is 1. The molecule has 0 fully saturated rings. The first-order valence-electron chi connectivity index (χ1n) is 11.5. The first kappa shape index (κ1) is 23.2. The van der Waals surface area contributed by atoms with Gasteiger partial charge in [-0.05, 0) is 42.5 Å². The molecule has 0 atom stereocenters. The Morgan fingerprint density at radius 3 is 2.86 bits per heavy atom. The predicted molar refractivity (Wildman–Crippen MR) is 136 cm³/mol. The molecule has 0 bridgehead atoms. The van der Waals surface area contributed by atoms with Crippen molar-refractivity contribution >= 4 is 39.2 Å². The van der Waals surface area contributed by atoms with Crippen LogP contribution in [0.5, 0.6) is 5.75 Å². The van der Waals surface area contributed by atoms with Gasteiger partial charge < -0.3 is 20.1 Å². The first-order valence-corrected chi connectivity index (χ1v) is 11.5. The number of aromatic nitrogens is 5. The van der Waals surface area contributed by atoms with Crippen LogP contribution in [-0.4, -0.2) is 67.5 Å². The van der Waals surface area contributed by atoms with Crippen molar-refractivity contribution in [1.82, 2.24) is 29.6 Å². The van der Waals surface area contributed by atoms with Crippen LogP contribution in [0.3, 0.4) is 0 Å². The van der Waals surface area contributed by atoms with E-state index in [0.29, 0.717) is 29.0 Å². The lowest BCUT2D eigenvalue weighted by Gasteiger charge is -2.17. The summed E-state index contributed by atoms with van der Waals surface area (Å²) in [6.45, 7) is 0.561. The molecule has 1 amide bonds. The molecule has 0 saturated heterocycles.